The number of carbonyl (C=O) groups excluding carboxylic acids is 1. The van der Waals surface area contributed by atoms with Crippen LogP contribution in [-0.4, -0.2) is 40.3 Å². The largest absolute Gasteiger partial charge is 0.492 e. The minimum absolute atomic E-state index is 0.120. The second kappa shape index (κ2) is 10.1. The lowest BCUT2D eigenvalue weighted by atomic mass is 10.2. The molecule has 0 aromatic heterocycles. The van der Waals surface area contributed by atoms with Crippen molar-refractivity contribution < 1.29 is 17.9 Å². The lowest BCUT2D eigenvalue weighted by Gasteiger charge is -2.24. The van der Waals surface area contributed by atoms with Gasteiger partial charge in [-0.15, -0.1) is 0 Å². The number of ether oxygens (including phenoxy) is 1. The van der Waals surface area contributed by atoms with Gasteiger partial charge >= 0.3 is 0 Å². The maximum atomic E-state index is 12.1. The summed E-state index contributed by atoms with van der Waals surface area (Å²) in [6.07, 6.45) is 1.87. The van der Waals surface area contributed by atoms with E-state index in [-0.39, 0.29) is 18.9 Å². The zero-order chi connectivity index (χ0) is 20.6. The molecule has 7 heteroatoms. The highest BCUT2D eigenvalue weighted by atomic mass is 32.2. The lowest BCUT2D eigenvalue weighted by molar-refractivity contribution is -0.121. The van der Waals surface area contributed by atoms with Crippen molar-refractivity contribution in [3.05, 3.63) is 59.7 Å². The molecule has 0 spiro atoms. The molecule has 28 heavy (non-hydrogen) atoms. The maximum Gasteiger partial charge on any atom is 0.232 e. The molecule has 6 nitrogen and oxygen atoms in total. The highest BCUT2D eigenvalue weighted by Crippen LogP contribution is 2.22. The fraction of sp³-hybridized carbons (Fsp3) is 0.381. The number of rotatable bonds is 10. The number of sulfonamides is 1. The average molecular weight is 405 g/mol. The Kier molecular flexibility index (Phi) is 7.87. The number of nitrogens with one attached hydrogen (secondary N) is 1. The van der Waals surface area contributed by atoms with E-state index in [0.29, 0.717) is 25.3 Å². The summed E-state index contributed by atoms with van der Waals surface area (Å²) in [6.45, 7) is 4.92. The summed E-state index contributed by atoms with van der Waals surface area (Å²) in [5.74, 6) is 0.646. The molecule has 0 bridgehead atoms. The molecular weight excluding hydrogens is 376 g/mol. The predicted octanol–water partition coefficient (Wildman–Crippen LogP) is 3.04. The molecule has 0 aliphatic rings. The Morgan fingerprint density at radius 2 is 1.75 bits per heavy atom. The van der Waals surface area contributed by atoms with Gasteiger partial charge in [-0.05, 0) is 44.0 Å². The second-order valence-electron chi connectivity index (χ2n) is 6.74. The Morgan fingerprint density at radius 1 is 1.07 bits per heavy atom. The van der Waals surface area contributed by atoms with E-state index in [1.807, 2.05) is 50.2 Å². The predicted molar refractivity (Wildman–Crippen MR) is 112 cm³/mol. The summed E-state index contributed by atoms with van der Waals surface area (Å²) < 4.78 is 31.2. The van der Waals surface area contributed by atoms with Crippen LogP contribution in [0, 0.1) is 13.8 Å². The van der Waals surface area contributed by atoms with Crippen LogP contribution in [0.15, 0.2) is 48.5 Å². The SMILES string of the molecule is Cc1ccc(OCCNC(=O)CCCN(c2ccccc2C)S(C)(=O)=O)cc1. The molecule has 1 N–H and O–H groups in total. The van der Waals surface area contributed by atoms with E-state index >= 15 is 0 Å². The molecular formula is C21H28N2O4S. The third-order valence-electron chi connectivity index (χ3n) is 4.26. The zero-order valence-electron chi connectivity index (χ0n) is 16.6. The van der Waals surface area contributed by atoms with Crippen LogP contribution < -0.4 is 14.4 Å². The molecule has 0 aliphatic carbocycles. The first-order chi connectivity index (χ1) is 13.3. The Bertz CT molecular complexity index is 880. The molecule has 1 amide bonds. The molecule has 0 radical (unpaired) electrons. The molecule has 0 unspecified atom stereocenters. The smallest absolute Gasteiger partial charge is 0.232 e. The monoisotopic (exact) mass is 404 g/mol. The highest BCUT2D eigenvalue weighted by molar-refractivity contribution is 7.92. The van der Waals surface area contributed by atoms with Crippen LogP contribution >= 0.6 is 0 Å². The van der Waals surface area contributed by atoms with Crippen LogP contribution in [0.3, 0.4) is 0 Å². The molecule has 0 fully saturated rings. The van der Waals surface area contributed by atoms with E-state index in [0.717, 1.165) is 16.9 Å². The number of carbonyl (C=O) groups is 1. The van der Waals surface area contributed by atoms with Crippen LogP contribution in [0.2, 0.25) is 0 Å². The number of amides is 1. The van der Waals surface area contributed by atoms with Crippen LogP contribution in [0.1, 0.15) is 24.0 Å². The van der Waals surface area contributed by atoms with Crippen LogP contribution in [0.25, 0.3) is 0 Å². The van der Waals surface area contributed by atoms with Gasteiger partial charge in [-0.25, -0.2) is 8.42 Å². The number of hydrogen-bond donors (Lipinski definition) is 1. The molecule has 2 aromatic carbocycles. The van der Waals surface area contributed by atoms with Crippen molar-refractivity contribution in [2.75, 3.05) is 30.3 Å². The Hall–Kier alpha value is -2.54. The molecule has 2 rings (SSSR count). The first-order valence-corrected chi connectivity index (χ1v) is 11.1. The van der Waals surface area contributed by atoms with E-state index < -0.39 is 10.0 Å². The molecule has 0 aliphatic heterocycles. The fourth-order valence-corrected chi connectivity index (χ4v) is 3.80. The van der Waals surface area contributed by atoms with Crippen molar-refractivity contribution in [1.82, 2.24) is 5.32 Å². The summed E-state index contributed by atoms with van der Waals surface area (Å²) in [4.78, 5) is 12.0. The van der Waals surface area contributed by atoms with Crippen LogP contribution in [0.4, 0.5) is 5.69 Å². The van der Waals surface area contributed by atoms with Crippen molar-refractivity contribution >= 4 is 21.6 Å². The van der Waals surface area contributed by atoms with Gasteiger partial charge in [0.1, 0.15) is 12.4 Å². The van der Waals surface area contributed by atoms with Gasteiger partial charge in [-0.2, -0.15) is 0 Å². The summed E-state index contributed by atoms with van der Waals surface area (Å²) in [6, 6.07) is 15.0. The van der Waals surface area contributed by atoms with Crippen LogP contribution in [0.5, 0.6) is 5.75 Å². The van der Waals surface area contributed by atoms with Gasteiger partial charge in [0, 0.05) is 13.0 Å². The van der Waals surface area contributed by atoms with Crippen molar-refractivity contribution in [2.45, 2.75) is 26.7 Å². The first kappa shape index (κ1) is 21.8. The van der Waals surface area contributed by atoms with Crippen molar-refractivity contribution in [3.63, 3.8) is 0 Å². The van der Waals surface area contributed by atoms with E-state index in [9.17, 15) is 13.2 Å². The van der Waals surface area contributed by atoms with Gasteiger partial charge in [-0.3, -0.25) is 9.10 Å². The molecule has 0 saturated heterocycles. The van der Waals surface area contributed by atoms with E-state index in [2.05, 4.69) is 5.32 Å². The molecule has 0 heterocycles. The van der Waals surface area contributed by atoms with E-state index in [1.54, 1.807) is 12.1 Å². The minimum Gasteiger partial charge on any atom is -0.492 e. The Morgan fingerprint density at radius 3 is 2.39 bits per heavy atom. The summed E-state index contributed by atoms with van der Waals surface area (Å²) in [5.41, 5.74) is 2.69. The van der Waals surface area contributed by atoms with E-state index in [4.69, 9.17) is 4.74 Å². The molecule has 152 valence electrons. The quantitative estimate of drug-likeness (QED) is 0.618. The molecule has 0 saturated carbocycles. The summed E-state index contributed by atoms with van der Waals surface area (Å²) in [7, 11) is -3.41. The Labute approximate surface area is 167 Å². The van der Waals surface area contributed by atoms with Crippen molar-refractivity contribution in [1.29, 1.82) is 0 Å². The summed E-state index contributed by atoms with van der Waals surface area (Å²) >= 11 is 0. The molecule has 2 aromatic rings. The first-order valence-electron chi connectivity index (χ1n) is 9.27. The van der Waals surface area contributed by atoms with Crippen molar-refractivity contribution in [2.24, 2.45) is 0 Å². The third kappa shape index (κ3) is 6.88. The van der Waals surface area contributed by atoms with Crippen molar-refractivity contribution in [3.8, 4) is 5.75 Å². The second-order valence-corrected chi connectivity index (χ2v) is 8.64. The topological polar surface area (TPSA) is 75.7 Å². The van der Waals surface area contributed by atoms with Gasteiger partial charge in [0.25, 0.3) is 0 Å². The van der Waals surface area contributed by atoms with Gasteiger partial charge in [0.15, 0.2) is 0 Å². The van der Waals surface area contributed by atoms with Gasteiger partial charge in [0.2, 0.25) is 15.9 Å². The standard InChI is InChI=1S/C21H28N2O4S/c1-17-10-12-19(13-11-17)27-16-14-22-21(24)9-6-15-23(28(3,25)26)20-8-5-4-7-18(20)2/h4-5,7-8,10-13H,6,9,14-16H2,1-3H3,(H,22,24). The third-order valence-corrected chi connectivity index (χ3v) is 5.44. The maximum absolute atomic E-state index is 12.1. The minimum atomic E-state index is -3.41. The number of para-hydroxylation sites is 1. The lowest BCUT2D eigenvalue weighted by Crippen LogP contribution is -2.33. The number of aryl methyl sites for hydroxylation is 2. The van der Waals surface area contributed by atoms with E-state index in [1.165, 1.54) is 10.6 Å². The number of nitrogens with zero attached hydrogens (tertiary/aromatic N) is 1. The van der Waals surface area contributed by atoms with Gasteiger partial charge in [0.05, 0.1) is 18.5 Å². The highest BCUT2D eigenvalue weighted by Gasteiger charge is 2.18. The zero-order valence-corrected chi connectivity index (χ0v) is 17.5. The molecule has 0 atom stereocenters. The summed E-state index contributed by atoms with van der Waals surface area (Å²) in [5, 5.41) is 2.80. The van der Waals surface area contributed by atoms with Gasteiger partial charge < -0.3 is 10.1 Å². The number of benzene rings is 2. The normalized spacial score (nSPS) is 11.1. The van der Waals surface area contributed by atoms with Crippen LogP contribution in [-0.2, 0) is 14.8 Å². The fourth-order valence-electron chi connectivity index (χ4n) is 2.77. The average Bonchev–Trinajstić information content (AvgIpc) is 2.64. The number of hydrogen-bond acceptors (Lipinski definition) is 4. The number of anilines is 1. The van der Waals surface area contributed by atoms with Gasteiger partial charge in [-0.1, -0.05) is 35.9 Å². The Balaban J connectivity index is 1.75.